The van der Waals surface area contributed by atoms with Crippen molar-refractivity contribution >= 4 is 39.2 Å². The molecule has 0 spiro atoms. The van der Waals surface area contributed by atoms with Crippen LogP contribution in [0.1, 0.15) is 13.3 Å². The normalized spacial score (nSPS) is 10.7. The van der Waals surface area contributed by atoms with Crippen LogP contribution < -0.4 is 5.32 Å². The second kappa shape index (κ2) is 5.71. The van der Waals surface area contributed by atoms with Crippen LogP contribution in [0.5, 0.6) is 0 Å². The largest absolute Gasteiger partial charge is 0.323 e. The summed E-state index contributed by atoms with van der Waals surface area (Å²) >= 11 is 9.29. The highest BCUT2D eigenvalue weighted by Gasteiger charge is 2.10. The first kappa shape index (κ1) is 13.4. The molecule has 1 aromatic heterocycles. The minimum Gasteiger partial charge on any atom is -0.323 e. The summed E-state index contributed by atoms with van der Waals surface area (Å²) in [4.78, 5) is 4.21. The fourth-order valence-electron chi connectivity index (χ4n) is 1.63. The molecule has 1 N–H and O–H groups in total. The van der Waals surface area contributed by atoms with Crippen LogP contribution in [-0.4, -0.2) is 9.55 Å². The number of imidazole rings is 1. The summed E-state index contributed by atoms with van der Waals surface area (Å²) in [7, 11) is 0. The molecule has 1 heterocycles. The summed E-state index contributed by atoms with van der Waals surface area (Å²) in [6, 6.07) is 2.63. The van der Waals surface area contributed by atoms with Crippen molar-refractivity contribution in [1.29, 1.82) is 0 Å². The molecule has 6 heteroatoms. The lowest BCUT2D eigenvalue weighted by molar-refractivity contribution is 0.627. The number of nitrogens with zero attached hydrogens (tertiary/aromatic N) is 2. The minimum absolute atomic E-state index is 0.313. The molecule has 0 saturated carbocycles. The Morgan fingerprint density at radius 1 is 1.50 bits per heavy atom. The lowest BCUT2D eigenvalue weighted by atomic mass is 10.3. The number of aryl methyl sites for hydroxylation is 1. The molecule has 0 bridgehead atoms. The van der Waals surface area contributed by atoms with E-state index in [2.05, 4.69) is 33.2 Å². The van der Waals surface area contributed by atoms with E-state index >= 15 is 0 Å². The Hall–Kier alpha value is -1.07. The van der Waals surface area contributed by atoms with Crippen LogP contribution >= 0.6 is 27.5 Å². The quantitative estimate of drug-likeness (QED) is 0.887. The van der Waals surface area contributed by atoms with Crippen LogP contribution in [0.25, 0.3) is 0 Å². The van der Waals surface area contributed by atoms with Gasteiger partial charge in [0.1, 0.15) is 5.82 Å². The first-order valence-corrected chi connectivity index (χ1v) is 6.71. The second-order valence-corrected chi connectivity index (χ2v) is 5.08. The van der Waals surface area contributed by atoms with Gasteiger partial charge < -0.3 is 9.88 Å². The molecule has 0 aliphatic heterocycles. The number of benzene rings is 1. The fraction of sp³-hybridized carbons (Fsp3) is 0.250. The highest BCUT2D eigenvalue weighted by atomic mass is 79.9. The van der Waals surface area contributed by atoms with Crippen molar-refractivity contribution < 1.29 is 4.39 Å². The van der Waals surface area contributed by atoms with Crippen molar-refractivity contribution in [2.24, 2.45) is 0 Å². The zero-order chi connectivity index (χ0) is 13.1. The van der Waals surface area contributed by atoms with Gasteiger partial charge >= 0.3 is 0 Å². The summed E-state index contributed by atoms with van der Waals surface area (Å²) in [5.74, 6) is 0.306. The van der Waals surface area contributed by atoms with E-state index in [1.165, 1.54) is 12.1 Å². The molecule has 0 radical (unpaired) electrons. The summed E-state index contributed by atoms with van der Waals surface area (Å²) < 4.78 is 15.7. The van der Waals surface area contributed by atoms with E-state index in [-0.39, 0.29) is 5.82 Å². The molecular formula is C12H12BrClFN3. The van der Waals surface area contributed by atoms with Crippen molar-refractivity contribution in [3.05, 3.63) is 39.8 Å². The molecule has 3 nitrogen and oxygen atoms in total. The SMILES string of the molecule is CCCn1ccnc1Nc1c(Cl)cc(F)cc1Br. The van der Waals surface area contributed by atoms with Crippen LogP contribution in [0.2, 0.25) is 5.02 Å². The first-order valence-electron chi connectivity index (χ1n) is 5.54. The number of rotatable bonds is 4. The molecule has 2 rings (SSSR count). The van der Waals surface area contributed by atoms with E-state index in [0.717, 1.165) is 13.0 Å². The van der Waals surface area contributed by atoms with E-state index < -0.39 is 0 Å². The zero-order valence-electron chi connectivity index (χ0n) is 9.75. The predicted octanol–water partition coefficient (Wildman–Crippen LogP) is 4.59. The van der Waals surface area contributed by atoms with Crippen molar-refractivity contribution in [2.75, 3.05) is 5.32 Å². The number of aromatic nitrogens is 2. The monoisotopic (exact) mass is 331 g/mol. The van der Waals surface area contributed by atoms with Gasteiger partial charge in [0.05, 0.1) is 10.7 Å². The summed E-state index contributed by atoms with van der Waals surface area (Å²) in [6.45, 7) is 2.95. The van der Waals surface area contributed by atoms with Crippen LogP contribution in [0.4, 0.5) is 16.0 Å². The van der Waals surface area contributed by atoms with E-state index in [1.54, 1.807) is 6.20 Å². The Labute approximate surface area is 118 Å². The maximum atomic E-state index is 13.1. The van der Waals surface area contributed by atoms with Gasteiger partial charge in [0.2, 0.25) is 5.95 Å². The van der Waals surface area contributed by atoms with Crippen LogP contribution in [0, 0.1) is 5.82 Å². The van der Waals surface area contributed by atoms with Gasteiger partial charge in [-0.05, 0) is 34.5 Å². The van der Waals surface area contributed by atoms with Gasteiger partial charge in [-0.1, -0.05) is 18.5 Å². The standard InChI is InChI=1S/C12H12BrClFN3/c1-2-4-18-5-3-16-12(18)17-11-9(13)6-8(15)7-10(11)14/h3,5-7H,2,4H2,1H3,(H,16,17). The fourth-order valence-corrected chi connectivity index (χ4v) is 2.53. The number of anilines is 2. The molecule has 18 heavy (non-hydrogen) atoms. The lowest BCUT2D eigenvalue weighted by Crippen LogP contribution is -2.03. The van der Waals surface area contributed by atoms with E-state index in [1.807, 2.05) is 10.8 Å². The van der Waals surface area contributed by atoms with Gasteiger partial charge in [0.25, 0.3) is 0 Å². The van der Waals surface area contributed by atoms with Crippen LogP contribution in [0.15, 0.2) is 29.0 Å². The second-order valence-electron chi connectivity index (χ2n) is 3.81. The maximum absolute atomic E-state index is 13.1. The molecule has 0 aliphatic rings. The average molecular weight is 333 g/mol. The van der Waals surface area contributed by atoms with E-state index in [0.29, 0.717) is 21.1 Å². The Morgan fingerprint density at radius 2 is 2.28 bits per heavy atom. The lowest BCUT2D eigenvalue weighted by Gasteiger charge is -2.12. The number of halogens is 3. The van der Waals surface area contributed by atoms with Crippen molar-refractivity contribution in [2.45, 2.75) is 19.9 Å². The third-order valence-corrected chi connectivity index (χ3v) is 3.35. The summed E-state index contributed by atoms with van der Waals surface area (Å²) in [5, 5.41) is 3.42. The third-order valence-electron chi connectivity index (χ3n) is 2.42. The minimum atomic E-state index is -0.380. The molecule has 1 aromatic carbocycles. The predicted molar refractivity (Wildman–Crippen MR) is 74.9 cm³/mol. The van der Waals surface area contributed by atoms with Crippen molar-refractivity contribution in [3.63, 3.8) is 0 Å². The molecule has 96 valence electrons. The molecular weight excluding hydrogens is 321 g/mol. The molecule has 2 aromatic rings. The highest BCUT2D eigenvalue weighted by Crippen LogP contribution is 2.33. The van der Waals surface area contributed by atoms with Gasteiger partial charge in [-0.25, -0.2) is 9.37 Å². The van der Waals surface area contributed by atoms with Gasteiger partial charge in [-0.15, -0.1) is 0 Å². The highest BCUT2D eigenvalue weighted by molar-refractivity contribution is 9.10. The Morgan fingerprint density at radius 3 is 2.94 bits per heavy atom. The van der Waals surface area contributed by atoms with Gasteiger partial charge in [0.15, 0.2) is 0 Å². The van der Waals surface area contributed by atoms with Crippen molar-refractivity contribution in [1.82, 2.24) is 9.55 Å². The summed E-state index contributed by atoms with van der Waals surface area (Å²) in [5.41, 5.74) is 0.613. The van der Waals surface area contributed by atoms with Crippen LogP contribution in [-0.2, 0) is 6.54 Å². The van der Waals surface area contributed by atoms with E-state index in [4.69, 9.17) is 11.6 Å². The average Bonchev–Trinajstić information content (AvgIpc) is 2.71. The molecule has 0 saturated heterocycles. The number of nitrogens with one attached hydrogen (secondary N) is 1. The molecule has 0 aliphatic carbocycles. The van der Waals surface area contributed by atoms with Gasteiger partial charge in [0, 0.05) is 23.4 Å². The molecule has 0 unspecified atom stereocenters. The first-order chi connectivity index (χ1) is 8.61. The zero-order valence-corrected chi connectivity index (χ0v) is 12.1. The molecule has 0 fully saturated rings. The smallest absolute Gasteiger partial charge is 0.207 e. The summed E-state index contributed by atoms with van der Waals surface area (Å²) in [6.07, 6.45) is 4.60. The van der Waals surface area contributed by atoms with Crippen LogP contribution in [0.3, 0.4) is 0 Å². The third kappa shape index (κ3) is 2.84. The Balaban J connectivity index is 2.31. The molecule has 0 amide bonds. The number of hydrogen-bond acceptors (Lipinski definition) is 2. The maximum Gasteiger partial charge on any atom is 0.207 e. The van der Waals surface area contributed by atoms with Gasteiger partial charge in [-0.2, -0.15) is 0 Å². The van der Waals surface area contributed by atoms with Crippen molar-refractivity contribution in [3.8, 4) is 0 Å². The Kier molecular flexibility index (Phi) is 4.24. The topological polar surface area (TPSA) is 29.9 Å². The van der Waals surface area contributed by atoms with Gasteiger partial charge in [-0.3, -0.25) is 0 Å². The molecule has 0 atom stereocenters. The van der Waals surface area contributed by atoms with E-state index in [9.17, 15) is 4.39 Å². The Bertz CT molecular complexity index is 533. The number of hydrogen-bond donors (Lipinski definition) is 1.